The summed E-state index contributed by atoms with van der Waals surface area (Å²) < 4.78 is 0. The molecular weight excluding hydrogens is 268 g/mol. The van der Waals surface area contributed by atoms with Crippen molar-refractivity contribution < 1.29 is 9.59 Å². The number of pyridine rings is 1. The average molecular weight is 290 g/mol. The molecule has 1 aliphatic heterocycles. The molecule has 3 N–H and O–H groups in total. The number of imide groups is 1. The molecule has 21 heavy (non-hydrogen) atoms. The van der Waals surface area contributed by atoms with Gasteiger partial charge in [-0.2, -0.15) is 0 Å². The SMILES string of the molecule is CC(Cc1ccncc1)NC1(C(C)C)CC(=O)NC(=O)N1. The predicted molar refractivity (Wildman–Crippen MR) is 79.4 cm³/mol. The minimum atomic E-state index is -0.703. The van der Waals surface area contributed by atoms with E-state index >= 15 is 0 Å². The summed E-state index contributed by atoms with van der Waals surface area (Å²) in [4.78, 5) is 27.4. The quantitative estimate of drug-likeness (QED) is 0.760. The minimum Gasteiger partial charge on any atom is -0.319 e. The van der Waals surface area contributed by atoms with Gasteiger partial charge in [-0.25, -0.2) is 4.79 Å². The summed E-state index contributed by atoms with van der Waals surface area (Å²) in [6, 6.07) is 3.60. The van der Waals surface area contributed by atoms with E-state index in [0.717, 1.165) is 12.0 Å². The second-order valence-electron chi connectivity index (χ2n) is 5.91. The number of urea groups is 1. The molecule has 0 radical (unpaired) electrons. The highest BCUT2D eigenvalue weighted by Gasteiger charge is 2.42. The topological polar surface area (TPSA) is 83.1 Å². The Morgan fingerprint density at radius 2 is 1.95 bits per heavy atom. The standard InChI is InChI=1S/C15H22N4O2/c1-10(2)15(9-13(20)17-14(21)19-15)18-11(3)8-12-4-6-16-7-5-12/h4-7,10-11,18H,8-9H2,1-3H3,(H2,17,19,20,21). The Morgan fingerprint density at radius 3 is 2.52 bits per heavy atom. The zero-order valence-corrected chi connectivity index (χ0v) is 12.6. The van der Waals surface area contributed by atoms with Crippen molar-refractivity contribution in [2.45, 2.75) is 45.3 Å². The summed E-state index contributed by atoms with van der Waals surface area (Å²) in [6.45, 7) is 6.03. The van der Waals surface area contributed by atoms with Gasteiger partial charge >= 0.3 is 6.03 Å². The normalized spacial score (nSPS) is 23.6. The molecular formula is C15H22N4O2. The molecule has 0 spiro atoms. The van der Waals surface area contributed by atoms with Crippen molar-refractivity contribution in [3.8, 4) is 0 Å². The van der Waals surface area contributed by atoms with Gasteiger partial charge in [-0.05, 0) is 37.0 Å². The summed E-state index contributed by atoms with van der Waals surface area (Å²) in [5.41, 5.74) is 0.460. The summed E-state index contributed by atoms with van der Waals surface area (Å²) in [5, 5.41) is 8.58. The van der Waals surface area contributed by atoms with Crippen LogP contribution in [0.15, 0.2) is 24.5 Å². The molecule has 114 valence electrons. The van der Waals surface area contributed by atoms with Gasteiger partial charge in [0, 0.05) is 18.4 Å². The van der Waals surface area contributed by atoms with Crippen molar-refractivity contribution in [3.05, 3.63) is 30.1 Å². The molecule has 1 aliphatic rings. The molecule has 2 heterocycles. The van der Waals surface area contributed by atoms with Gasteiger partial charge in [0.05, 0.1) is 6.42 Å². The zero-order chi connectivity index (χ0) is 15.5. The number of hydrogen-bond donors (Lipinski definition) is 3. The van der Waals surface area contributed by atoms with E-state index in [4.69, 9.17) is 0 Å². The number of rotatable bonds is 5. The van der Waals surface area contributed by atoms with Gasteiger partial charge in [0.15, 0.2) is 0 Å². The van der Waals surface area contributed by atoms with Crippen molar-refractivity contribution >= 4 is 11.9 Å². The Hall–Kier alpha value is -1.95. The van der Waals surface area contributed by atoms with Gasteiger partial charge in [-0.15, -0.1) is 0 Å². The molecule has 3 amide bonds. The van der Waals surface area contributed by atoms with E-state index in [1.165, 1.54) is 0 Å². The third kappa shape index (κ3) is 3.78. The maximum atomic E-state index is 11.7. The first kappa shape index (κ1) is 15.4. The number of carbonyl (C=O) groups is 2. The van der Waals surface area contributed by atoms with E-state index in [9.17, 15) is 9.59 Å². The van der Waals surface area contributed by atoms with Gasteiger partial charge in [0.2, 0.25) is 5.91 Å². The maximum absolute atomic E-state index is 11.7. The Bertz CT molecular complexity index is 500. The van der Waals surface area contributed by atoms with E-state index in [1.807, 2.05) is 32.9 Å². The zero-order valence-electron chi connectivity index (χ0n) is 12.6. The van der Waals surface area contributed by atoms with E-state index in [0.29, 0.717) is 0 Å². The highest BCUT2D eigenvalue weighted by atomic mass is 16.2. The maximum Gasteiger partial charge on any atom is 0.322 e. The predicted octanol–water partition coefficient (Wildman–Crippen LogP) is 1.18. The number of amides is 3. The van der Waals surface area contributed by atoms with Crippen LogP contribution < -0.4 is 16.0 Å². The molecule has 0 aliphatic carbocycles. The Morgan fingerprint density at radius 1 is 1.29 bits per heavy atom. The van der Waals surface area contributed by atoms with Crippen molar-refractivity contribution in [3.63, 3.8) is 0 Å². The fraction of sp³-hybridized carbons (Fsp3) is 0.533. The van der Waals surface area contributed by atoms with Crippen LogP contribution in [-0.2, 0) is 11.2 Å². The molecule has 0 bridgehead atoms. The smallest absolute Gasteiger partial charge is 0.319 e. The first-order valence-electron chi connectivity index (χ1n) is 7.20. The molecule has 2 atom stereocenters. The van der Waals surface area contributed by atoms with Crippen LogP contribution in [0.1, 0.15) is 32.8 Å². The first-order chi connectivity index (χ1) is 9.91. The van der Waals surface area contributed by atoms with Gasteiger partial charge in [0.1, 0.15) is 5.66 Å². The van der Waals surface area contributed by atoms with Crippen molar-refractivity contribution in [2.75, 3.05) is 0 Å². The second-order valence-corrected chi connectivity index (χ2v) is 5.91. The van der Waals surface area contributed by atoms with Gasteiger partial charge in [0.25, 0.3) is 0 Å². The molecule has 1 saturated heterocycles. The van der Waals surface area contributed by atoms with Crippen LogP contribution in [0.5, 0.6) is 0 Å². The Balaban J connectivity index is 2.09. The lowest BCUT2D eigenvalue weighted by Gasteiger charge is -2.43. The lowest BCUT2D eigenvalue weighted by atomic mass is 9.89. The molecule has 0 aromatic carbocycles. The molecule has 1 aromatic rings. The van der Waals surface area contributed by atoms with E-state index in [1.54, 1.807) is 12.4 Å². The highest BCUT2D eigenvalue weighted by Crippen LogP contribution is 2.22. The van der Waals surface area contributed by atoms with Crippen molar-refractivity contribution in [2.24, 2.45) is 5.92 Å². The monoisotopic (exact) mass is 290 g/mol. The number of carbonyl (C=O) groups excluding carboxylic acids is 2. The molecule has 2 unspecified atom stereocenters. The highest BCUT2D eigenvalue weighted by molar-refractivity contribution is 5.97. The van der Waals surface area contributed by atoms with Crippen LogP contribution in [-0.4, -0.2) is 28.6 Å². The third-order valence-electron chi connectivity index (χ3n) is 3.81. The second kappa shape index (κ2) is 6.22. The van der Waals surface area contributed by atoms with E-state index < -0.39 is 11.7 Å². The van der Waals surface area contributed by atoms with Crippen LogP contribution in [0, 0.1) is 5.92 Å². The fourth-order valence-electron chi connectivity index (χ4n) is 2.67. The number of nitrogens with zero attached hydrogens (tertiary/aromatic N) is 1. The summed E-state index contributed by atoms with van der Waals surface area (Å²) in [6.07, 6.45) is 4.55. The lowest BCUT2D eigenvalue weighted by molar-refractivity contribution is -0.123. The first-order valence-corrected chi connectivity index (χ1v) is 7.20. The van der Waals surface area contributed by atoms with Gasteiger partial charge < -0.3 is 5.32 Å². The Kier molecular flexibility index (Phi) is 4.57. The molecule has 0 saturated carbocycles. The summed E-state index contributed by atoms with van der Waals surface area (Å²) in [5.74, 6) is -0.163. The van der Waals surface area contributed by atoms with Crippen molar-refractivity contribution in [1.29, 1.82) is 0 Å². The summed E-state index contributed by atoms with van der Waals surface area (Å²) >= 11 is 0. The molecule has 1 aromatic heterocycles. The van der Waals surface area contributed by atoms with Crippen molar-refractivity contribution in [1.82, 2.24) is 20.9 Å². The lowest BCUT2D eigenvalue weighted by Crippen LogP contribution is -2.71. The summed E-state index contributed by atoms with van der Waals surface area (Å²) in [7, 11) is 0. The number of nitrogens with one attached hydrogen (secondary N) is 3. The number of hydrogen-bond acceptors (Lipinski definition) is 4. The Labute approximate surface area is 124 Å². The van der Waals surface area contributed by atoms with Crippen LogP contribution in [0.3, 0.4) is 0 Å². The number of aromatic nitrogens is 1. The molecule has 1 fully saturated rings. The molecule has 6 heteroatoms. The van der Waals surface area contributed by atoms with Crippen LogP contribution in [0.2, 0.25) is 0 Å². The largest absolute Gasteiger partial charge is 0.322 e. The molecule has 2 rings (SSSR count). The fourth-order valence-corrected chi connectivity index (χ4v) is 2.67. The van der Waals surface area contributed by atoms with Gasteiger partial charge in [-0.1, -0.05) is 13.8 Å². The van der Waals surface area contributed by atoms with Crippen LogP contribution in [0.4, 0.5) is 4.79 Å². The molecule has 6 nitrogen and oxygen atoms in total. The van der Waals surface area contributed by atoms with E-state index in [2.05, 4.69) is 20.9 Å². The minimum absolute atomic E-state index is 0.0902. The van der Waals surface area contributed by atoms with Crippen LogP contribution >= 0.6 is 0 Å². The average Bonchev–Trinajstić information content (AvgIpc) is 2.38. The van der Waals surface area contributed by atoms with Gasteiger partial charge in [-0.3, -0.25) is 20.4 Å². The van der Waals surface area contributed by atoms with E-state index in [-0.39, 0.29) is 24.3 Å². The third-order valence-corrected chi connectivity index (χ3v) is 3.81. The van der Waals surface area contributed by atoms with Crippen LogP contribution in [0.25, 0.3) is 0 Å².